The highest BCUT2D eigenvalue weighted by atomic mass is 16.3. The Bertz CT molecular complexity index is 3460. The Kier molecular flexibility index (Phi) is 9.32. The second-order valence-electron chi connectivity index (χ2n) is 25.3. The van der Waals surface area contributed by atoms with Crippen LogP contribution in [0, 0.1) is 20.8 Å². The third-order valence-electron chi connectivity index (χ3n) is 17.7. The fourth-order valence-corrected chi connectivity index (χ4v) is 13.3. The van der Waals surface area contributed by atoms with E-state index >= 15 is 0 Å². The fourth-order valence-electron chi connectivity index (χ4n) is 13.3. The molecule has 0 unspecified atom stereocenters. The van der Waals surface area contributed by atoms with Gasteiger partial charge in [0.25, 0.3) is 0 Å². The van der Waals surface area contributed by atoms with E-state index in [0.29, 0.717) is 0 Å². The van der Waals surface area contributed by atoms with Crippen molar-refractivity contribution in [1.29, 1.82) is 0 Å². The number of para-hydroxylation sites is 1. The van der Waals surface area contributed by atoms with Gasteiger partial charge in [0.15, 0.2) is 0 Å². The Morgan fingerprint density at radius 3 is 1.70 bits per heavy atom. The maximum absolute atomic E-state index is 6.88. The predicted molar refractivity (Wildman–Crippen MR) is 296 cm³/mol. The molecule has 4 aliphatic rings. The van der Waals surface area contributed by atoms with Gasteiger partial charge in [0.05, 0.1) is 0 Å². The molecule has 7 aromatic carbocycles. The number of rotatable bonds is 3. The van der Waals surface area contributed by atoms with Gasteiger partial charge in [0, 0.05) is 50.8 Å². The molecule has 0 spiro atoms. The van der Waals surface area contributed by atoms with Crippen LogP contribution in [0.25, 0.3) is 44.2 Å². The molecule has 0 radical (unpaired) electrons. The van der Waals surface area contributed by atoms with Crippen LogP contribution >= 0.6 is 0 Å². The largest absolute Gasteiger partial charge is 0.456 e. The van der Waals surface area contributed by atoms with Crippen LogP contribution in [0.15, 0.2) is 120 Å². The number of nitrogens with zero attached hydrogens (tertiary/aromatic N) is 2. The van der Waals surface area contributed by atoms with Crippen LogP contribution in [0.2, 0.25) is 0 Å². The van der Waals surface area contributed by atoms with Gasteiger partial charge in [-0.25, -0.2) is 0 Å². The smallest absolute Gasteiger partial charge is 0.333 e. The lowest BCUT2D eigenvalue weighted by molar-refractivity contribution is 0.332. The summed E-state index contributed by atoms with van der Waals surface area (Å²) >= 11 is 0. The fraction of sp³-hybridized carbons (Fsp3) is 0.354. The first-order chi connectivity index (χ1) is 32.5. The second-order valence-corrected chi connectivity index (χ2v) is 25.3. The van der Waals surface area contributed by atoms with Gasteiger partial charge in [-0.15, -0.1) is 0 Å². The highest BCUT2D eigenvalue weighted by Gasteiger charge is 2.49. The summed E-state index contributed by atoms with van der Waals surface area (Å²) in [5.41, 5.74) is 27.3. The third-order valence-corrected chi connectivity index (χ3v) is 17.7. The minimum absolute atomic E-state index is 0.0271. The zero-order valence-electron chi connectivity index (χ0n) is 43.7. The number of furan rings is 1. The molecule has 348 valence electrons. The highest BCUT2D eigenvalue weighted by Crippen LogP contribution is 2.56. The normalized spacial score (nSPS) is 18.1. The molecule has 3 heterocycles. The Morgan fingerprint density at radius 2 is 1.07 bits per heavy atom. The van der Waals surface area contributed by atoms with Gasteiger partial charge in [0.2, 0.25) is 0 Å². The van der Waals surface area contributed by atoms with Crippen molar-refractivity contribution < 1.29 is 4.42 Å². The molecule has 2 aliphatic heterocycles. The zero-order chi connectivity index (χ0) is 48.5. The van der Waals surface area contributed by atoms with Gasteiger partial charge in [0.1, 0.15) is 11.2 Å². The molecule has 0 amide bonds. The lowest BCUT2D eigenvalue weighted by Gasteiger charge is -2.49. The van der Waals surface area contributed by atoms with Crippen molar-refractivity contribution in [3.05, 3.63) is 160 Å². The molecule has 1 aromatic heterocycles. The van der Waals surface area contributed by atoms with Crippen molar-refractivity contribution in [2.45, 2.75) is 150 Å². The first-order valence-electron chi connectivity index (χ1n) is 25.8. The van der Waals surface area contributed by atoms with E-state index < -0.39 is 0 Å². The molecular weight excluding hydrogens is 836 g/mol. The number of fused-ring (bicyclic) bond motifs is 9. The number of hydrogen-bond acceptors (Lipinski definition) is 3. The first kappa shape index (κ1) is 44.2. The Morgan fingerprint density at radius 1 is 0.493 bits per heavy atom. The van der Waals surface area contributed by atoms with Crippen molar-refractivity contribution in [2.75, 3.05) is 9.71 Å². The average molecular weight is 905 g/mol. The van der Waals surface area contributed by atoms with E-state index in [2.05, 4.69) is 222 Å². The molecule has 3 nitrogen and oxygen atoms in total. The molecule has 0 N–H and O–H groups in total. The third kappa shape index (κ3) is 6.52. The summed E-state index contributed by atoms with van der Waals surface area (Å²) in [6.07, 6.45) is 4.65. The monoisotopic (exact) mass is 905 g/mol. The van der Waals surface area contributed by atoms with Gasteiger partial charge in [-0.2, -0.15) is 0 Å². The van der Waals surface area contributed by atoms with Crippen LogP contribution in [0.4, 0.5) is 28.4 Å². The SMILES string of the molecule is Cc1cc2c(cc1N1c3cc4oc5ccccc5c4cc3B3c4c(cc(-c5c(C)cccc5C)cc41)-c1cc4c(cc1N3c1ccc(C(C)(C)C)cc1)C(C)(C)CCC4(C)C)C(C)(C)CCC2(C)C. The minimum Gasteiger partial charge on any atom is -0.456 e. The molecule has 12 rings (SSSR count). The van der Waals surface area contributed by atoms with Crippen molar-refractivity contribution in [3.8, 4) is 22.3 Å². The molecular formula is C65H69BN2O. The van der Waals surface area contributed by atoms with Crippen LogP contribution in [0.3, 0.4) is 0 Å². The number of aryl methyl sites for hydroxylation is 3. The summed E-state index contributed by atoms with van der Waals surface area (Å²) in [4.78, 5) is 5.40. The molecule has 0 saturated heterocycles. The van der Waals surface area contributed by atoms with Crippen LogP contribution in [0.1, 0.15) is 146 Å². The van der Waals surface area contributed by atoms with Crippen LogP contribution in [-0.2, 0) is 27.1 Å². The molecule has 0 fully saturated rings. The van der Waals surface area contributed by atoms with E-state index in [4.69, 9.17) is 4.42 Å². The Balaban J connectivity index is 1.27. The summed E-state index contributed by atoms with van der Waals surface area (Å²) < 4.78 is 6.88. The van der Waals surface area contributed by atoms with E-state index in [1.54, 1.807) is 0 Å². The highest BCUT2D eigenvalue weighted by molar-refractivity contribution is 6.93. The number of benzene rings is 7. The maximum atomic E-state index is 6.88. The Hall–Kier alpha value is -6.00. The van der Waals surface area contributed by atoms with Crippen LogP contribution in [0.5, 0.6) is 0 Å². The topological polar surface area (TPSA) is 19.6 Å². The molecule has 8 aromatic rings. The van der Waals surface area contributed by atoms with Gasteiger partial charge in [-0.05, 0) is 194 Å². The van der Waals surface area contributed by atoms with E-state index in [1.165, 1.54) is 113 Å². The molecule has 69 heavy (non-hydrogen) atoms. The van der Waals surface area contributed by atoms with Gasteiger partial charge >= 0.3 is 6.85 Å². The Labute approximate surface area is 412 Å². The first-order valence-corrected chi connectivity index (χ1v) is 25.8. The van der Waals surface area contributed by atoms with Gasteiger partial charge < -0.3 is 14.1 Å². The van der Waals surface area contributed by atoms with Crippen molar-refractivity contribution in [1.82, 2.24) is 0 Å². The van der Waals surface area contributed by atoms with Crippen molar-refractivity contribution in [3.63, 3.8) is 0 Å². The molecule has 2 aliphatic carbocycles. The van der Waals surface area contributed by atoms with Crippen molar-refractivity contribution >= 4 is 68.1 Å². The molecule has 0 bridgehead atoms. The second kappa shape index (κ2) is 14.5. The summed E-state index contributed by atoms with van der Waals surface area (Å²) in [6.45, 7) is 33.5. The van der Waals surface area contributed by atoms with Crippen LogP contribution in [-0.4, -0.2) is 6.85 Å². The van der Waals surface area contributed by atoms with Gasteiger partial charge in [-0.1, -0.05) is 137 Å². The van der Waals surface area contributed by atoms with E-state index in [-0.39, 0.29) is 33.9 Å². The quantitative estimate of drug-likeness (QED) is 0.165. The summed E-state index contributed by atoms with van der Waals surface area (Å²) in [5.74, 6) is 0. The maximum Gasteiger partial charge on any atom is 0.333 e. The lowest BCUT2D eigenvalue weighted by atomic mass is 9.43. The molecule has 4 heteroatoms. The van der Waals surface area contributed by atoms with E-state index in [9.17, 15) is 0 Å². The van der Waals surface area contributed by atoms with Crippen molar-refractivity contribution in [2.24, 2.45) is 0 Å². The zero-order valence-corrected chi connectivity index (χ0v) is 43.7. The lowest BCUT2D eigenvalue weighted by Crippen LogP contribution is -2.61. The van der Waals surface area contributed by atoms with Crippen LogP contribution < -0.4 is 20.6 Å². The predicted octanol–water partition coefficient (Wildman–Crippen LogP) is 16.9. The van der Waals surface area contributed by atoms with E-state index in [1.807, 2.05) is 0 Å². The summed E-state index contributed by atoms with van der Waals surface area (Å²) in [7, 11) is 0. The van der Waals surface area contributed by atoms with E-state index in [0.717, 1.165) is 41.2 Å². The molecule has 0 atom stereocenters. The summed E-state index contributed by atoms with van der Waals surface area (Å²) in [5, 5.41) is 2.32. The average Bonchev–Trinajstić information content (AvgIpc) is 3.66. The molecule has 0 saturated carbocycles. The summed E-state index contributed by atoms with van der Waals surface area (Å²) in [6, 6.07) is 45.4. The number of anilines is 5. The number of hydrogen-bond donors (Lipinski definition) is 0. The van der Waals surface area contributed by atoms with Gasteiger partial charge in [-0.3, -0.25) is 0 Å². The minimum atomic E-state index is -0.134. The standard InChI is InChI=1S/C65H69BN2O/c1-38-18-17-19-39(2)59(38)41-31-47-45-33-49-51(65(13,14)29-27-63(49,9)10)36-54(45)68(43-24-22-42(23-25-43)61(4,5)6)66-52-34-46-44-20-15-16-21-57(44)69-58(46)37-55(52)67(56(32-41)60(47)66)53-35-50-48(30-40(53)3)62(7,8)26-28-64(50,11)12/h15-25,30-37H,26-29H2,1-14H3.